The molecule has 0 spiro atoms. The third-order valence-electron chi connectivity index (χ3n) is 4.14. The molecule has 1 N–H and O–H groups in total. The van der Waals surface area contributed by atoms with Crippen LogP contribution in [-0.2, 0) is 25.5 Å². The van der Waals surface area contributed by atoms with Gasteiger partial charge in [-0.3, -0.25) is 14.4 Å². The summed E-state index contributed by atoms with van der Waals surface area (Å²) in [6.07, 6.45) is 4.18. The summed E-state index contributed by atoms with van der Waals surface area (Å²) in [5, 5.41) is 2.65. The standard InChI is InChI=1S/C18H23NO4/c1-13(20)16(11-14-7-3-2-4-8-14)19-17(21)12-23-18(22)15-9-5-6-10-15/h2-4,7-8,15-16H,5-6,9-12H2,1H3,(H,19,21)/t16-/m1/s1. The van der Waals surface area contributed by atoms with Gasteiger partial charge in [-0.15, -0.1) is 0 Å². The van der Waals surface area contributed by atoms with Crippen LogP contribution in [0.5, 0.6) is 0 Å². The van der Waals surface area contributed by atoms with Crippen LogP contribution in [0, 0.1) is 5.92 Å². The molecule has 1 aliphatic rings. The Labute approximate surface area is 136 Å². The first-order valence-corrected chi connectivity index (χ1v) is 8.06. The first kappa shape index (κ1) is 17.2. The van der Waals surface area contributed by atoms with E-state index in [0.717, 1.165) is 31.2 Å². The third kappa shape index (κ3) is 5.51. The summed E-state index contributed by atoms with van der Waals surface area (Å²) in [7, 11) is 0. The second kappa shape index (κ2) is 8.46. The van der Waals surface area contributed by atoms with E-state index in [2.05, 4.69) is 5.32 Å². The van der Waals surface area contributed by atoms with Crippen molar-refractivity contribution in [3.05, 3.63) is 35.9 Å². The zero-order valence-electron chi connectivity index (χ0n) is 13.4. The molecule has 0 saturated heterocycles. The van der Waals surface area contributed by atoms with Gasteiger partial charge in [0.1, 0.15) is 0 Å². The summed E-state index contributed by atoms with van der Waals surface area (Å²) in [6.45, 7) is 1.12. The van der Waals surface area contributed by atoms with Crippen molar-refractivity contribution in [2.45, 2.75) is 45.1 Å². The fraction of sp³-hybridized carbons (Fsp3) is 0.500. The molecule has 5 heteroatoms. The summed E-state index contributed by atoms with van der Waals surface area (Å²) < 4.78 is 5.06. The van der Waals surface area contributed by atoms with E-state index in [1.54, 1.807) is 0 Å². The van der Waals surface area contributed by atoms with Gasteiger partial charge in [0.25, 0.3) is 5.91 Å². The molecule has 0 aromatic heterocycles. The average Bonchev–Trinajstić information content (AvgIpc) is 3.07. The van der Waals surface area contributed by atoms with Crippen LogP contribution in [0.25, 0.3) is 0 Å². The quantitative estimate of drug-likeness (QED) is 0.781. The molecule has 0 bridgehead atoms. The van der Waals surface area contributed by atoms with Gasteiger partial charge in [-0.05, 0) is 31.7 Å². The Bertz CT molecular complexity index is 549. The van der Waals surface area contributed by atoms with Gasteiger partial charge in [-0.25, -0.2) is 0 Å². The number of benzene rings is 1. The maximum absolute atomic E-state index is 11.9. The van der Waals surface area contributed by atoms with Crippen LogP contribution in [0.4, 0.5) is 0 Å². The van der Waals surface area contributed by atoms with E-state index in [9.17, 15) is 14.4 Å². The third-order valence-corrected chi connectivity index (χ3v) is 4.14. The number of esters is 1. The molecule has 0 heterocycles. The lowest BCUT2D eigenvalue weighted by atomic mass is 10.0. The van der Waals surface area contributed by atoms with Gasteiger partial charge < -0.3 is 10.1 Å². The highest BCUT2D eigenvalue weighted by Gasteiger charge is 2.25. The number of rotatable bonds is 7. The maximum atomic E-state index is 11.9. The van der Waals surface area contributed by atoms with E-state index in [-0.39, 0.29) is 24.3 Å². The summed E-state index contributed by atoms with van der Waals surface area (Å²) in [5.41, 5.74) is 0.968. The van der Waals surface area contributed by atoms with Crippen LogP contribution in [-0.4, -0.2) is 30.3 Å². The smallest absolute Gasteiger partial charge is 0.309 e. The van der Waals surface area contributed by atoms with Gasteiger partial charge >= 0.3 is 5.97 Å². The molecule has 1 aliphatic carbocycles. The fourth-order valence-corrected chi connectivity index (χ4v) is 2.80. The normalized spacial score (nSPS) is 15.9. The Hall–Kier alpha value is -2.17. The number of hydrogen-bond acceptors (Lipinski definition) is 4. The first-order valence-electron chi connectivity index (χ1n) is 8.06. The molecule has 1 fully saturated rings. The topological polar surface area (TPSA) is 72.5 Å². The van der Waals surface area contributed by atoms with E-state index in [1.165, 1.54) is 6.92 Å². The number of hydrogen-bond donors (Lipinski definition) is 1. The van der Waals surface area contributed by atoms with Crippen LogP contribution in [0.2, 0.25) is 0 Å². The van der Waals surface area contributed by atoms with Crippen molar-refractivity contribution < 1.29 is 19.1 Å². The van der Waals surface area contributed by atoms with Crippen molar-refractivity contribution in [1.82, 2.24) is 5.32 Å². The lowest BCUT2D eigenvalue weighted by Crippen LogP contribution is -2.43. The summed E-state index contributed by atoms with van der Waals surface area (Å²) in [4.78, 5) is 35.4. The Morgan fingerprint density at radius 2 is 1.83 bits per heavy atom. The summed E-state index contributed by atoms with van der Waals surface area (Å²) in [5.74, 6) is -0.937. The van der Waals surface area contributed by atoms with E-state index >= 15 is 0 Å². The molecule has 0 aliphatic heterocycles. The molecule has 2 rings (SSSR count). The molecule has 1 atom stereocenters. The van der Waals surface area contributed by atoms with Crippen molar-refractivity contribution in [2.24, 2.45) is 5.92 Å². The van der Waals surface area contributed by atoms with Crippen molar-refractivity contribution in [3.8, 4) is 0 Å². The molecule has 23 heavy (non-hydrogen) atoms. The number of amides is 1. The highest BCUT2D eigenvalue weighted by Crippen LogP contribution is 2.25. The van der Waals surface area contributed by atoms with Crippen LogP contribution < -0.4 is 5.32 Å². The molecule has 1 aromatic carbocycles. The molecule has 1 saturated carbocycles. The number of ether oxygens (including phenoxy) is 1. The van der Waals surface area contributed by atoms with Gasteiger partial charge in [0.2, 0.25) is 0 Å². The minimum atomic E-state index is -0.602. The zero-order valence-corrected chi connectivity index (χ0v) is 13.4. The van der Waals surface area contributed by atoms with Gasteiger partial charge in [0.05, 0.1) is 12.0 Å². The highest BCUT2D eigenvalue weighted by atomic mass is 16.5. The lowest BCUT2D eigenvalue weighted by molar-refractivity contribution is -0.152. The minimum Gasteiger partial charge on any atom is -0.455 e. The maximum Gasteiger partial charge on any atom is 0.309 e. The van der Waals surface area contributed by atoms with Crippen molar-refractivity contribution in [1.29, 1.82) is 0 Å². The molecule has 0 unspecified atom stereocenters. The van der Waals surface area contributed by atoms with E-state index < -0.39 is 11.9 Å². The number of ketones is 1. The van der Waals surface area contributed by atoms with Gasteiger partial charge in [-0.1, -0.05) is 43.2 Å². The summed E-state index contributed by atoms with van der Waals surface area (Å²) in [6, 6.07) is 8.88. The molecular formula is C18H23NO4. The number of carbonyl (C=O) groups excluding carboxylic acids is 3. The SMILES string of the molecule is CC(=O)[C@@H](Cc1ccccc1)NC(=O)COC(=O)C1CCCC1. The van der Waals surface area contributed by atoms with Gasteiger partial charge in [0.15, 0.2) is 12.4 Å². The number of carbonyl (C=O) groups is 3. The predicted molar refractivity (Wildman–Crippen MR) is 85.7 cm³/mol. The molecule has 1 aromatic rings. The van der Waals surface area contributed by atoms with Crippen LogP contribution in [0.1, 0.15) is 38.2 Å². The van der Waals surface area contributed by atoms with Crippen molar-refractivity contribution in [3.63, 3.8) is 0 Å². The second-order valence-corrected chi connectivity index (χ2v) is 6.01. The molecule has 0 radical (unpaired) electrons. The predicted octanol–water partition coefficient (Wildman–Crippen LogP) is 2.04. The fourth-order valence-electron chi connectivity index (χ4n) is 2.80. The van der Waals surface area contributed by atoms with Crippen LogP contribution in [0.3, 0.4) is 0 Å². The van der Waals surface area contributed by atoms with Crippen molar-refractivity contribution in [2.75, 3.05) is 6.61 Å². The van der Waals surface area contributed by atoms with Gasteiger partial charge in [0, 0.05) is 0 Å². The molecule has 5 nitrogen and oxygen atoms in total. The van der Waals surface area contributed by atoms with E-state index in [4.69, 9.17) is 4.74 Å². The Morgan fingerprint density at radius 1 is 1.17 bits per heavy atom. The van der Waals surface area contributed by atoms with Gasteiger partial charge in [-0.2, -0.15) is 0 Å². The van der Waals surface area contributed by atoms with E-state index in [0.29, 0.717) is 6.42 Å². The molecule has 1 amide bonds. The monoisotopic (exact) mass is 317 g/mol. The highest BCUT2D eigenvalue weighted by molar-refractivity contribution is 5.89. The molecular weight excluding hydrogens is 294 g/mol. The molecule has 124 valence electrons. The van der Waals surface area contributed by atoms with Crippen molar-refractivity contribution >= 4 is 17.7 Å². The second-order valence-electron chi connectivity index (χ2n) is 6.01. The Balaban J connectivity index is 1.81. The average molecular weight is 317 g/mol. The number of nitrogens with one attached hydrogen (secondary N) is 1. The van der Waals surface area contributed by atoms with Crippen LogP contribution >= 0.6 is 0 Å². The first-order chi connectivity index (χ1) is 11.1. The zero-order chi connectivity index (χ0) is 16.7. The van der Waals surface area contributed by atoms with E-state index in [1.807, 2.05) is 30.3 Å². The lowest BCUT2D eigenvalue weighted by Gasteiger charge is -2.16. The Kier molecular flexibility index (Phi) is 6.32. The number of Topliss-reactive ketones (excluding diaryl/α,β-unsaturated/α-hetero) is 1. The Morgan fingerprint density at radius 3 is 2.43 bits per heavy atom. The summed E-state index contributed by atoms with van der Waals surface area (Å²) >= 11 is 0. The largest absolute Gasteiger partial charge is 0.455 e. The minimum absolute atomic E-state index is 0.0734. The van der Waals surface area contributed by atoms with Crippen LogP contribution in [0.15, 0.2) is 30.3 Å².